The Kier molecular flexibility index (Phi) is 4.13. The average Bonchev–Trinajstić information content (AvgIpc) is 2.93. The summed E-state index contributed by atoms with van der Waals surface area (Å²) in [6, 6.07) is 18.1. The van der Waals surface area contributed by atoms with Gasteiger partial charge in [0, 0.05) is 11.3 Å². The van der Waals surface area contributed by atoms with Crippen molar-refractivity contribution >= 4 is 11.6 Å². The van der Waals surface area contributed by atoms with Crippen LogP contribution in [0.25, 0.3) is 5.69 Å². The monoisotopic (exact) mass is 316 g/mol. The number of nitriles is 1. The molecule has 1 amide bonds. The van der Waals surface area contributed by atoms with Gasteiger partial charge in [-0.05, 0) is 56.3 Å². The van der Waals surface area contributed by atoms with Crippen LogP contribution in [-0.4, -0.2) is 15.7 Å². The number of carbonyl (C=O) groups is 1. The standard InChI is InChI=1S/C19H16N4O/c1-13-11-14(2)23(22-13)18-6-4-3-5-17(18)21-19(24)16-9-7-15(12-20)8-10-16/h3-11H,1-2H3,(H,21,24). The summed E-state index contributed by atoms with van der Waals surface area (Å²) in [5.41, 5.74) is 4.42. The third-order valence-corrected chi connectivity index (χ3v) is 3.67. The highest BCUT2D eigenvalue weighted by Crippen LogP contribution is 2.22. The fraction of sp³-hybridized carbons (Fsp3) is 0.105. The van der Waals surface area contributed by atoms with Crippen LogP contribution in [0.5, 0.6) is 0 Å². The van der Waals surface area contributed by atoms with Gasteiger partial charge in [-0.15, -0.1) is 0 Å². The van der Waals surface area contributed by atoms with E-state index in [4.69, 9.17) is 5.26 Å². The summed E-state index contributed by atoms with van der Waals surface area (Å²) in [4.78, 5) is 12.5. The van der Waals surface area contributed by atoms with Crippen LogP contribution >= 0.6 is 0 Å². The molecule has 0 atom stereocenters. The lowest BCUT2D eigenvalue weighted by Crippen LogP contribution is -2.14. The van der Waals surface area contributed by atoms with Crippen molar-refractivity contribution in [2.45, 2.75) is 13.8 Å². The van der Waals surface area contributed by atoms with Crippen LogP contribution in [0.3, 0.4) is 0 Å². The number of benzene rings is 2. The molecule has 0 spiro atoms. The highest BCUT2D eigenvalue weighted by atomic mass is 16.1. The second-order valence-corrected chi connectivity index (χ2v) is 5.50. The van der Waals surface area contributed by atoms with Gasteiger partial charge in [-0.25, -0.2) is 4.68 Å². The van der Waals surface area contributed by atoms with Crippen molar-refractivity contribution in [1.82, 2.24) is 9.78 Å². The lowest BCUT2D eigenvalue weighted by molar-refractivity contribution is 0.102. The first kappa shape index (κ1) is 15.5. The summed E-state index contributed by atoms with van der Waals surface area (Å²) < 4.78 is 1.81. The summed E-state index contributed by atoms with van der Waals surface area (Å²) in [5, 5.41) is 16.2. The molecule has 0 radical (unpaired) electrons. The van der Waals surface area contributed by atoms with E-state index in [0.717, 1.165) is 17.1 Å². The number of para-hydroxylation sites is 2. The largest absolute Gasteiger partial charge is 0.320 e. The molecule has 1 N–H and O–H groups in total. The van der Waals surface area contributed by atoms with Crippen LogP contribution in [0.4, 0.5) is 5.69 Å². The molecule has 1 aromatic heterocycles. The first-order valence-electron chi connectivity index (χ1n) is 7.52. The number of amides is 1. The van der Waals surface area contributed by atoms with Crippen molar-refractivity contribution in [3.8, 4) is 11.8 Å². The molecule has 0 saturated carbocycles. The summed E-state index contributed by atoms with van der Waals surface area (Å²) in [7, 11) is 0. The quantitative estimate of drug-likeness (QED) is 0.802. The predicted molar refractivity (Wildman–Crippen MR) is 92.1 cm³/mol. The number of carbonyl (C=O) groups excluding carboxylic acids is 1. The summed E-state index contributed by atoms with van der Waals surface area (Å²) in [6.45, 7) is 3.90. The Morgan fingerprint density at radius 1 is 1.12 bits per heavy atom. The highest BCUT2D eigenvalue weighted by molar-refractivity contribution is 6.05. The normalized spacial score (nSPS) is 10.2. The molecule has 2 aromatic carbocycles. The Balaban J connectivity index is 1.92. The molecular weight excluding hydrogens is 300 g/mol. The highest BCUT2D eigenvalue weighted by Gasteiger charge is 2.12. The van der Waals surface area contributed by atoms with Crippen LogP contribution in [0.1, 0.15) is 27.3 Å². The molecule has 0 aliphatic carbocycles. The lowest BCUT2D eigenvalue weighted by Gasteiger charge is -2.12. The van der Waals surface area contributed by atoms with E-state index in [0.29, 0.717) is 16.8 Å². The van der Waals surface area contributed by atoms with E-state index in [9.17, 15) is 4.79 Å². The first-order valence-corrected chi connectivity index (χ1v) is 7.52. The topological polar surface area (TPSA) is 70.7 Å². The Bertz CT molecular complexity index is 933. The second kappa shape index (κ2) is 6.39. The third-order valence-electron chi connectivity index (χ3n) is 3.67. The van der Waals surface area contributed by atoms with Gasteiger partial charge in [-0.2, -0.15) is 10.4 Å². The summed E-state index contributed by atoms with van der Waals surface area (Å²) in [5.74, 6) is -0.228. The third kappa shape index (κ3) is 3.03. The lowest BCUT2D eigenvalue weighted by atomic mass is 10.1. The number of hydrogen-bond donors (Lipinski definition) is 1. The van der Waals surface area contributed by atoms with Crippen molar-refractivity contribution < 1.29 is 4.79 Å². The Hall–Kier alpha value is -3.39. The maximum atomic E-state index is 12.5. The number of anilines is 1. The molecule has 0 aliphatic heterocycles. The molecule has 0 fully saturated rings. The molecule has 118 valence electrons. The molecule has 1 heterocycles. The Labute approximate surface area is 140 Å². The van der Waals surface area contributed by atoms with Gasteiger partial charge in [-0.1, -0.05) is 12.1 Å². The van der Waals surface area contributed by atoms with Gasteiger partial charge in [0.25, 0.3) is 5.91 Å². The smallest absolute Gasteiger partial charge is 0.255 e. The van der Waals surface area contributed by atoms with Gasteiger partial charge in [0.05, 0.1) is 28.7 Å². The van der Waals surface area contributed by atoms with Crippen molar-refractivity contribution in [3.05, 3.63) is 77.1 Å². The van der Waals surface area contributed by atoms with Gasteiger partial charge in [0.1, 0.15) is 0 Å². The van der Waals surface area contributed by atoms with Crippen LogP contribution < -0.4 is 5.32 Å². The van der Waals surface area contributed by atoms with Gasteiger partial charge >= 0.3 is 0 Å². The fourth-order valence-electron chi connectivity index (χ4n) is 2.53. The molecular formula is C19H16N4O. The maximum absolute atomic E-state index is 12.5. The molecule has 0 aliphatic rings. The summed E-state index contributed by atoms with van der Waals surface area (Å²) >= 11 is 0. The SMILES string of the molecule is Cc1cc(C)n(-c2ccccc2NC(=O)c2ccc(C#N)cc2)n1. The summed E-state index contributed by atoms with van der Waals surface area (Å²) in [6.07, 6.45) is 0. The average molecular weight is 316 g/mol. The van der Waals surface area contributed by atoms with Crippen molar-refractivity contribution in [2.24, 2.45) is 0 Å². The van der Waals surface area contributed by atoms with Gasteiger partial charge in [0.2, 0.25) is 0 Å². The van der Waals surface area contributed by atoms with E-state index in [1.54, 1.807) is 24.3 Å². The van der Waals surface area contributed by atoms with Gasteiger partial charge in [0.15, 0.2) is 0 Å². The van der Waals surface area contributed by atoms with Crippen LogP contribution in [-0.2, 0) is 0 Å². The number of aromatic nitrogens is 2. The predicted octanol–water partition coefficient (Wildman–Crippen LogP) is 3.61. The Morgan fingerprint density at radius 3 is 2.46 bits per heavy atom. The Morgan fingerprint density at radius 2 is 1.83 bits per heavy atom. The van der Waals surface area contributed by atoms with E-state index in [2.05, 4.69) is 10.4 Å². The van der Waals surface area contributed by atoms with E-state index in [-0.39, 0.29) is 5.91 Å². The van der Waals surface area contributed by atoms with Crippen molar-refractivity contribution in [3.63, 3.8) is 0 Å². The minimum Gasteiger partial charge on any atom is -0.320 e. The second-order valence-electron chi connectivity index (χ2n) is 5.50. The zero-order valence-corrected chi connectivity index (χ0v) is 13.4. The van der Waals surface area contributed by atoms with E-state index in [1.165, 1.54) is 0 Å². The zero-order valence-electron chi connectivity index (χ0n) is 13.4. The minimum atomic E-state index is -0.228. The molecule has 0 unspecified atom stereocenters. The van der Waals surface area contributed by atoms with E-state index >= 15 is 0 Å². The number of rotatable bonds is 3. The fourth-order valence-corrected chi connectivity index (χ4v) is 2.53. The first-order chi connectivity index (χ1) is 11.6. The van der Waals surface area contributed by atoms with Gasteiger partial charge < -0.3 is 5.32 Å². The molecule has 5 nitrogen and oxygen atoms in total. The number of aryl methyl sites for hydroxylation is 2. The molecule has 0 saturated heterocycles. The number of nitrogens with one attached hydrogen (secondary N) is 1. The van der Waals surface area contributed by atoms with E-state index in [1.807, 2.05) is 54.9 Å². The van der Waals surface area contributed by atoms with Crippen LogP contribution in [0.15, 0.2) is 54.6 Å². The molecule has 24 heavy (non-hydrogen) atoms. The minimum absolute atomic E-state index is 0.228. The molecule has 3 rings (SSSR count). The van der Waals surface area contributed by atoms with Crippen molar-refractivity contribution in [2.75, 3.05) is 5.32 Å². The van der Waals surface area contributed by atoms with E-state index < -0.39 is 0 Å². The molecule has 5 heteroatoms. The van der Waals surface area contributed by atoms with Crippen molar-refractivity contribution in [1.29, 1.82) is 5.26 Å². The zero-order chi connectivity index (χ0) is 17.1. The van der Waals surface area contributed by atoms with Crippen LogP contribution in [0, 0.1) is 25.2 Å². The molecule has 3 aromatic rings. The number of nitrogens with zero attached hydrogens (tertiary/aromatic N) is 3. The molecule has 0 bridgehead atoms. The van der Waals surface area contributed by atoms with Gasteiger partial charge in [-0.3, -0.25) is 4.79 Å². The maximum Gasteiger partial charge on any atom is 0.255 e. The number of hydrogen-bond acceptors (Lipinski definition) is 3. The van der Waals surface area contributed by atoms with Crippen LogP contribution in [0.2, 0.25) is 0 Å².